The van der Waals surface area contributed by atoms with Crippen molar-refractivity contribution in [1.29, 1.82) is 0 Å². The molecule has 0 radical (unpaired) electrons. The zero-order valence-corrected chi connectivity index (χ0v) is 23.3. The number of likely N-dealkylation sites (tertiary alicyclic amines) is 1. The number of amides is 2. The minimum atomic E-state index is -3.57. The van der Waals surface area contributed by atoms with Crippen LogP contribution in [0.5, 0.6) is 0 Å². The maximum Gasteiger partial charge on any atom is 0.307 e. The number of ketones is 1. The lowest BCUT2D eigenvalue weighted by molar-refractivity contribution is -0.149. The van der Waals surface area contributed by atoms with Gasteiger partial charge in [0.15, 0.2) is 5.96 Å². The number of benzene rings is 1. The molecule has 1 aliphatic rings. The predicted octanol–water partition coefficient (Wildman–Crippen LogP) is 2.54. The average molecular weight is 551 g/mol. The molecule has 2 amide bonds. The Hall–Kier alpha value is -3.34. The molecule has 39 heavy (non-hydrogen) atoms. The van der Waals surface area contributed by atoms with Gasteiger partial charge in [-0.2, -0.15) is 8.78 Å². The lowest BCUT2D eigenvalue weighted by Crippen LogP contribution is -2.56. The molecule has 218 valence electrons. The number of Topliss-reactive ketones (excluding diaryl/α,β-unsaturated/α-hetero) is 1. The number of carbonyl (C=O) groups is 3. The average Bonchev–Trinajstić information content (AvgIpc) is 3.39. The topological polar surface area (TPSA) is 143 Å². The number of nitrogens with zero attached hydrogens (tertiary/aromatic N) is 2. The molecule has 3 atom stereocenters. The van der Waals surface area contributed by atoms with E-state index in [0.29, 0.717) is 25.8 Å². The van der Waals surface area contributed by atoms with Gasteiger partial charge < -0.3 is 27.0 Å². The molecule has 0 aromatic heterocycles. The minimum absolute atomic E-state index is 0.0472. The zero-order chi connectivity index (χ0) is 29.4. The van der Waals surface area contributed by atoms with Crippen molar-refractivity contribution < 1.29 is 23.2 Å². The van der Waals surface area contributed by atoms with Crippen molar-refractivity contribution in [3.05, 3.63) is 48.6 Å². The van der Waals surface area contributed by atoms with Crippen LogP contribution >= 0.6 is 0 Å². The fourth-order valence-electron chi connectivity index (χ4n) is 4.40. The van der Waals surface area contributed by atoms with E-state index in [1.54, 1.807) is 20.0 Å². The van der Waals surface area contributed by atoms with E-state index in [-0.39, 0.29) is 37.7 Å². The standard InChI is InChI=1S/C25H38F2N6O3.C3H6/c1-3-13-25(26,27)21(34)18(11-7-14-31-24(28)29)32-22(35)20-12-8-15-33(20)23(36)19(30-2)16-17-9-5-4-6-10-17;1-3-2/h4-6,9-10,18-20,30H,3,7-8,11-16H2,1-2H3,(H,32,35)(H4,28,29,31);3H,1H2,2H3/t18?,19?,20-;/m0./s1. The molecule has 2 rings (SSSR count). The highest BCUT2D eigenvalue weighted by Gasteiger charge is 2.44. The predicted molar refractivity (Wildman–Crippen MR) is 150 cm³/mol. The molecule has 0 bridgehead atoms. The number of nitrogens with two attached hydrogens (primary N) is 2. The smallest absolute Gasteiger partial charge is 0.307 e. The van der Waals surface area contributed by atoms with E-state index in [1.807, 2.05) is 37.3 Å². The first-order valence-electron chi connectivity index (χ1n) is 13.4. The van der Waals surface area contributed by atoms with Gasteiger partial charge in [-0.15, -0.1) is 6.58 Å². The number of hydrogen-bond acceptors (Lipinski definition) is 5. The number of allylic oxidation sites excluding steroid dienone is 1. The van der Waals surface area contributed by atoms with Crippen LogP contribution < -0.4 is 22.1 Å². The molecular weight excluding hydrogens is 506 g/mol. The first-order valence-corrected chi connectivity index (χ1v) is 13.4. The molecule has 1 aromatic carbocycles. The van der Waals surface area contributed by atoms with Crippen molar-refractivity contribution in [1.82, 2.24) is 15.5 Å². The quantitative estimate of drug-likeness (QED) is 0.121. The number of halogens is 2. The van der Waals surface area contributed by atoms with Crippen molar-refractivity contribution in [2.75, 3.05) is 20.1 Å². The van der Waals surface area contributed by atoms with Crippen LogP contribution in [0.15, 0.2) is 48.0 Å². The van der Waals surface area contributed by atoms with Gasteiger partial charge in [0.1, 0.15) is 6.04 Å². The van der Waals surface area contributed by atoms with Gasteiger partial charge in [0.2, 0.25) is 17.6 Å². The summed E-state index contributed by atoms with van der Waals surface area (Å²) in [5.74, 6) is -5.90. The van der Waals surface area contributed by atoms with Crippen molar-refractivity contribution >= 4 is 23.6 Å². The van der Waals surface area contributed by atoms with Crippen LogP contribution in [0.25, 0.3) is 0 Å². The van der Waals surface area contributed by atoms with Crippen molar-refractivity contribution in [3.8, 4) is 0 Å². The highest BCUT2D eigenvalue weighted by molar-refractivity contribution is 5.96. The Bertz CT molecular complexity index is 954. The summed E-state index contributed by atoms with van der Waals surface area (Å²) in [4.78, 5) is 44.4. The van der Waals surface area contributed by atoms with Gasteiger partial charge in [-0.25, -0.2) is 0 Å². The third-order valence-corrected chi connectivity index (χ3v) is 6.27. The van der Waals surface area contributed by atoms with E-state index in [2.05, 4.69) is 22.2 Å². The molecule has 1 aromatic rings. The molecule has 1 heterocycles. The lowest BCUT2D eigenvalue weighted by atomic mass is 9.98. The summed E-state index contributed by atoms with van der Waals surface area (Å²) in [7, 11) is 1.68. The summed E-state index contributed by atoms with van der Waals surface area (Å²) in [5, 5.41) is 5.52. The maximum absolute atomic E-state index is 14.5. The summed E-state index contributed by atoms with van der Waals surface area (Å²) in [6.07, 6.45) is 2.86. The minimum Gasteiger partial charge on any atom is -0.370 e. The molecule has 1 aliphatic heterocycles. The van der Waals surface area contributed by atoms with Gasteiger partial charge in [-0.05, 0) is 58.1 Å². The number of guanidine groups is 1. The van der Waals surface area contributed by atoms with Gasteiger partial charge in [0.25, 0.3) is 0 Å². The summed E-state index contributed by atoms with van der Waals surface area (Å²) in [6.45, 7) is 7.32. The van der Waals surface area contributed by atoms with Gasteiger partial charge in [-0.1, -0.05) is 43.3 Å². The highest BCUT2D eigenvalue weighted by atomic mass is 19.3. The van der Waals surface area contributed by atoms with Crippen molar-refractivity contribution in [2.45, 2.75) is 82.8 Å². The molecule has 11 heteroatoms. The highest BCUT2D eigenvalue weighted by Crippen LogP contribution is 2.25. The molecule has 1 fully saturated rings. The molecule has 6 N–H and O–H groups in total. The fourth-order valence-corrected chi connectivity index (χ4v) is 4.40. The number of likely N-dealkylation sites (N-methyl/N-ethyl adjacent to an activating group) is 1. The van der Waals surface area contributed by atoms with Gasteiger partial charge >= 0.3 is 5.92 Å². The monoisotopic (exact) mass is 550 g/mol. The van der Waals surface area contributed by atoms with E-state index in [9.17, 15) is 23.2 Å². The third-order valence-electron chi connectivity index (χ3n) is 6.27. The van der Waals surface area contributed by atoms with Crippen LogP contribution in [0, 0.1) is 0 Å². The second-order valence-corrected chi connectivity index (χ2v) is 9.46. The first kappa shape index (κ1) is 33.7. The van der Waals surface area contributed by atoms with Crippen molar-refractivity contribution in [3.63, 3.8) is 0 Å². The Kier molecular flexibility index (Phi) is 14.9. The van der Waals surface area contributed by atoms with Crippen LogP contribution in [0.2, 0.25) is 0 Å². The van der Waals surface area contributed by atoms with E-state index in [4.69, 9.17) is 11.5 Å². The number of hydrogen-bond donors (Lipinski definition) is 4. The van der Waals surface area contributed by atoms with Gasteiger partial charge in [-0.3, -0.25) is 19.4 Å². The first-order chi connectivity index (χ1) is 18.5. The molecule has 0 saturated carbocycles. The SMILES string of the molecule is C=CC.CCCC(F)(F)C(=O)C(CCCN=C(N)N)NC(=O)[C@@H]1CCCN1C(=O)C(Cc1ccccc1)NC. The number of nitrogens with one attached hydrogen (secondary N) is 2. The Labute approximate surface area is 230 Å². The van der Waals surface area contributed by atoms with E-state index < -0.39 is 42.2 Å². The molecule has 1 saturated heterocycles. The Morgan fingerprint density at radius 2 is 1.87 bits per heavy atom. The van der Waals surface area contributed by atoms with E-state index >= 15 is 0 Å². The maximum atomic E-state index is 14.5. The normalized spacial score (nSPS) is 16.3. The summed E-state index contributed by atoms with van der Waals surface area (Å²) in [6, 6.07) is 6.70. The molecule has 0 spiro atoms. The third kappa shape index (κ3) is 11.1. The van der Waals surface area contributed by atoms with Gasteiger partial charge in [0, 0.05) is 19.5 Å². The summed E-state index contributed by atoms with van der Waals surface area (Å²) < 4.78 is 28.9. The van der Waals surface area contributed by atoms with Crippen LogP contribution in [-0.2, 0) is 20.8 Å². The Morgan fingerprint density at radius 3 is 2.44 bits per heavy atom. The van der Waals surface area contributed by atoms with Crippen molar-refractivity contribution in [2.24, 2.45) is 16.5 Å². The molecule has 0 aliphatic carbocycles. The Balaban J connectivity index is 0.00000242. The fraction of sp³-hybridized carbons (Fsp3) is 0.571. The Morgan fingerprint density at radius 1 is 1.23 bits per heavy atom. The van der Waals surface area contributed by atoms with Crippen LogP contribution in [0.1, 0.15) is 57.9 Å². The number of rotatable bonds is 14. The molecule has 9 nitrogen and oxygen atoms in total. The van der Waals surface area contributed by atoms with E-state index in [0.717, 1.165) is 5.56 Å². The summed E-state index contributed by atoms with van der Waals surface area (Å²) in [5.41, 5.74) is 11.6. The van der Waals surface area contributed by atoms with Crippen LogP contribution in [0.3, 0.4) is 0 Å². The number of aliphatic imine (C=N–C) groups is 1. The van der Waals surface area contributed by atoms with Crippen LogP contribution in [-0.4, -0.2) is 72.6 Å². The summed E-state index contributed by atoms with van der Waals surface area (Å²) >= 11 is 0. The largest absolute Gasteiger partial charge is 0.370 e. The second kappa shape index (κ2) is 17.3. The number of alkyl halides is 2. The van der Waals surface area contributed by atoms with Crippen LogP contribution in [0.4, 0.5) is 8.78 Å². The lowest BCUT2D eigenvalue weighted by Gasteiger charge is -2.30. The van der Waals surface area contributed by atoms with E-state index in [1.165, 1.54) is 4.90 Å². The molecular formula is C28H44F2N6O3. The van der Waals surface area contributed by atoms with Gasteiger partial charge in [0.05, 0.1) is 12.1 Å². The zero-order valence-electron chi connectivity index (χ0n) is 23.3. The second-order valence-electron chi connectivity index (χ2n) is 9.46. The number of carbonyl (C=O) groups excluding carboxylic acids is 3. The molecule has 2 unspecified atom stereocenters.